The molecule has 8 nitrogen and oxygen atoms in total. The van der Waals surface area contributed by atoms with Gasteiger partial charge in [0.15, 0.2) is 0 Å². The van der Waals surface area contributed by atoms with E-state index in [9.17, 15) is 19.5 Å². The molecule has 0 saturated carbocycles. The molecule has 2 aromatic carbocycles. The molecule has 1 fully saturated rings. The van der Waals surface area contributed by atoms with Crippen LogP contribution in [0, 0.1) is 5.41 Å². The van der Waals surface area contributed by atoms with Crippen LogP contribution in [0.15, 0.2) is 48.5 Å². The second-order valence-corrected chi connectivity index (χ2v) is 9.23. The Morgan fingerprint density at radius 3 is 2.23 bits per heavy atom. The van der Waals surface area contributed by atoms with E-state index in [1.807, 2.05) is 43.3 Å². The predicted octanol–water partition coefficient (Wildman–Crippen LogP) is 3.69. The number of amides is 2. The first-order chi connectivity index (χ1) is 16.9. The highest BCUT2D eigenvalue weighted by Crippen LogP contribution is 2.44. The highest BCUT2D eigenvalue weighted by molar-refractivity contribution is 5.86. The van der Waals surface area contributed by atoms with Crippen molar-refractivity contribution in [1.29, 1.82) is 0 Å². The van der Waals surface area contributed by atoms with E-state index in [1.165, 1.54) is 0 Å². The quantitative estimate of drug-likeness (QED) is 0.504. The normalized spacial score (nSPS) is 17.1. The summed E-state index contributed by atoms with van der Waals surface area (Å²) in [5.74, 6) is -1.43. The molecule has 4 rings (SSSR count). The van der Waals surface area contributed by atoms with Gasteiger partial charge in [0.2, 0.25) is 5.91 Å². The van der Waals surface area contributed by atoms with E-state index in [-0.39, 0.29) is 19.1 Å². The van der Waals surface area contributed by atoms with Crippen LogP contribution in [0.1, 0.15) is 49.7 Å². The Morgan fingerprint density at radius 1 is 1.06 bits per heavy atom. The number of nitrogens with one attached hydrogen (secondary N) is 2. The molecule has 0 unspecified atom stereocenters. The van der Waals surface area contributed by atoms with Crippen molar-refractivity contribution in [2.45, 2.75) is 44.6 Å². The molecule has 2 aromatic rings. The molecule has 1 saturated heterocycles. The molecule has 1 atom stereocenters. The maximum Gasteiger partial charge on any atom is 0.407 e. The van der Waals surface area contributed by atoms with Gasteiger partial charge in [0, 0.05) is 25.7 Å². The third-order valence-corrected chi connectivity index (χ3v) is 7.03. The van der Waals surface area contributed by atoms with Gasteiger partial charge in [0.1, 0.15) is 12.6 Å². The standard InChI is InChI=1S/C27H32N2O6/c1-2-7-23(24(30)28-17-27(25(31)32)12-14-34-15-13-27)29-26(33)35-16-22-20-10-5-3-8-18(20)19-9-4-6-11-21(19)22/h3-6,8-11,22-23H,2,7,12-17H2,1H3,(H,28,30)(H,29,33)(H,31,32)/t23-/m1/s1. The molecule has 0 radical (unpaired) electrons. The highest BCUT2D eigenvalue weighted by atomic mass is 16.5. The number of benzene rings is 2. The Labute approximate surface area is 205 Å². The van der Waals surface area contributed by atoms with Crippen LogP contribution in [-0.4, -0.2) is 55.5 Å². The average molecular weight is 481 g/mol. The van der Waals surface area contributed by atoms with Crippen molar-refractivity contribution in [1.82, 2.24) is 10.6 Å². The maximum absolute atomic E-state index is 12.9. The predicted molar refractivity (Wildman–Crippen MR) is 130 cm³/mol. The van der Waals surface area contributed by atoms with E-state index in [0.717, 1.165) is 22.3 Å². The van der Waals surface area contributed by atoms with Gasteiger partial charge in [-0.3, -0.25) is 9.59 Å². The number of hydrogen-bond donors (Lipinski definition) is 3. The van der Waals surface area contributed by atoms with Crippen molar-refractivity contribution >= 4 is 18.0 Å². The molecule has 2 amide bonds. The summed E-state index contributed by atoms with van der Waals surface area (Å²) in [5.41, 5.74) is 3.45. The van der Waals surface area contributed by atoms with Crippen LogP contribution in [0.3, 0.4) is 0 Å². The number of hydrogen-bond acceptors (Lipinski definition) is 5. The summed E-state index contributed by atoms with van der Waals surface area (Å²) in [6, 6.07) is 15.4. The summed E-state index contributed by atoms with van der Waals surface area (Å²) in [5, 5.41) is 15.1. The van der Waals surface area contributed by atoms with Gasteiger partial charge in [-0.2, -0.15) is 0 Å². The molecule has 186 valence electrons. The van der Waals surface area contributed by atoms with Gasteiger partial charge in [0.25, 0.3) is 0 Å². The zero-order valence-corrected chi connectivity index (χ0v) is 19.9. The molecule has 1 heterocycles. The van der Waals surface area contributed by atoms with Gasteiger partial charge in [-0.15, -0.1) is 0 Å². The van der Waals surface area contributed by atoms with Crippen LogP contribution in [-0.2, 0) is 19.1 Å². The molecule has 0 bridgehead atoms. The minimum absolute atomic E-state index is 0.00287. The fraction of sp³-hybridized carbons (Fsp3) is 0.444. The first-order valence-corrected chi connectivity index (χ1v) is 12.2. The lowest BCUT2D eigenvalue weighted by Gasteiger charge is -2.33. The number of alkyl carbamates (subject to hydrolysis) is 1. The first kappa shape index (κ1) is 24.7. The number of rotatable bonds is 9. The number of carbonyl (C=O) groups is 3. The highest BCUT2D eigenvalue weighted by Gasteiger charge is 2.41. The molecule has 1 aliphatic carbocycles. The fourth-order valence-electron chi connectivity index (χ4n) is 4.95. The smallest absolute Gasteiger partial charge is 0.407 e. The second-order valence-electron chi connectivity index (χ2n) is 9.23. The van der Waals surface area contributed by atoms with Gasteiger partial charge in [-0.25, -0.2) is 4.79 Å². The van der Waals surface area contributed by atoms with Gasteiger partial charge in [-0.1, -0.05) is 61.9 Å². The van der Waals surface area contributed by atoms with Gasteiger partial charge in [-0.05, 0) is 41.5 Å². The number of carbonyl (C=O) groups excluding carboxylic acids is 2. The third kappa shape index (κ3) is 5.32. The van der Waals surface area contributed by atoms with Crippen molar-refractivity contribution in [2.24, 2.45) is 5.41 Å². The molecule has 2 aliphatic rings. The van der Waals surface area contributed by atoms with E-state index in [1.54, 1.807) is 0 Å². The monoisotopic (exact) mass is 480 g/mol. The average Bonchev–Trinajstić information content (AvgIpc) is 3.20. The third-order valence-electron chi connectivity index (χ3n) is 7.03. The summed E-state index contributed by atoms with van der Waals surface area (Å²) in [6.45, 7) is 2.76. The minimum atomic E-state index is -1.05. The lowest BCUT2D eigenvalue weighted by atomic mass is 9.80. The van der Waals surface area contributed by atoms with E-state index >= 15 is 0 Å². The van der Waals surface area contributed by atoms with E-state index in [0.29, 0.717) is 38.9 Å². The Kier molecular flexibility index (Phi) is 7.70. The number of carboxylic acids is 1. The summed E-state index contributed by atoms with van der Waals surface area (Å²) in [6.07, 6.45) is 1.08. The molecule has 0 spiro atoms. The molecule has 0 aromatic heterocycles. The molecular formula is C27H32N2O6. The first-order valence-electron chi connectivity index (χ1n) is 12.2. The van der Waals surface area contributed by atoms with Crippen molar-refractivity contribution in [3.63, 3.8) is 0 Å². The number of carboxylic acid groups (broad SMARTS) is 1. The maximum atomic E-state index is 12.9. The Hall–Kier alpha value is -3.39. The van der Waals surface area contributed by atoms with Crippen LogP contribution in [0.4, 0.5) is 4.79 Å². The zero-order chi connectivity index (χ0) is 24.8. The SMILES string of the molecule is CCC[C@@H](NC(=O)OCC1c2ccccc2-c2ccccc21)C(=O)NCC1(C(=O)O)CCOCC1. The van der Waals surface area contributed by atoms with Crippen LogP contribution < -0.4 is 10.6 Å². The minimum Gasteiger partial charge on any atom is -0.481 e. The summed E-state index contributed by atoms with van der Waals surface area (Å²) in [7, 11) is 0. The molecule has 1 aliphatic heterocycles. The summed E-state index contributed by atoms with van der Waals surface area (Å²) >= 11 is 0. The molecule has 3 N–H and O–H groups in total. The van der Waals surface area contributed by atoms with Crippen LogP contribution in [0.2, 0.25) is 0 Å². The van der Waals surface area contributed by atoms with Crippen LogP contribution in [0.25, 0.3) is 11.1 Å². The van der Waals surface area contributed by atoms with Crippen molar-refractivity contribution < 1.29 is 29.0 Å². The van der Waals surface area contributed by atoms with Gasteiger partial charge in [0.05, 0.1) is 5.41 Å². The topological polar surface area (TPSA) is 114 Å². The number of ether oxygens (including phenoxy) is 2. The number of aliphatic carboxylic acids is 1. The molecule has 8 heteroatoms. The van der Waals surface area contributed by atoms with E-state index in [2.05, 4.69) is 22.8 Å². The Bertz CT molecular complexity index is 1030. The lowest BCUT2D eigenvalue weighted by molar-refractivity contribution is -0.154. The van der Waals surface area contributed by atoms with Crippen molar-refractivity contribution in [3.05, 3.63) is 59.7 Å². The summed E-state index contributed by atoms with van der Waals surface area (Å²) in [4.78, 5) is 37.4. The largest absolute Gasteiger partial charge is 0.481 e. The second kappa shape index (κ2) is 10.9. The van der Waals surface area contributed by atoms with E-state index < -0.39 is 29.4 Å². The van der Waals surface area contributed by atoms with Gasteiger partial charge >= 0.3 is 12.1 Å². The zero-order valence-electron chi connectivity index (χ0n) is 19.9. The number of fused-ring (bicyclic) bond motifs is 3. The fourth-order valence-corrected chi connectivity index (χ4v) is 4.95. The van der Waals surface area contributed by atoms with Crippen molar-refractivity contribution in [2.75, 3.05) is 26.4 Å². The van der Waals surface area contributed by atoms with Crippen LogP contribution >= 0.6 is 0 Å². The summed E-state index contributed by atoms with van der Waals surface area (Å²) < 4.78 is 10.9. The lowest BCUT2D eigenvalue weighted by Crippen LogP contribution is -2.52. The van der Waals surface area contributed by atoms with Gasteiger partial charge < -0.3 is 25.2 Å². The Balaban J connectivity index is 1.36. The molecule has 35 heavy (non-hydrogen) atoms. The van der Waals surface area contributed by atoms with Crippen molar-refractivity contribution in [3.8, 4) is 11.1 Å². The van der Waals surface area contributed by atoms with Crippen LogP contribution in [0.5, 0.6) is 0 Å². The molecular weight excluding hydrogens is 448 g/mol. The Morgan fingerprint density at radius 2 is 1.66 bits per heavy atom. The van der Waals surface area contributed by atoms with E-state index in [4.69, 9.17) is 9.47 Å².